The van der Waals surface area contributed by atoms with E-state index in [1.165, 1.54) is 21.9 Å². The molecule has 36 heavy (non-hydrogen) atoms. The first-order valence-electron chi connectivity index (χ1n) is 11.9. The van der Waals surface area contributed by atoms with Crippen LogP contribution in [-0.2, 0) is 11.2 Å². The van der Waals surface area contributed by atoms with E-state index in [0.717, 1.165) is 12.8 Å². The number of halogens is 1. The van der Waals surface area contributed by atoms with Gasteiger partial charge in [-0.1, -0.05) is 24.3 Å². The maximum absolute atomic E-state index is 14.8. The summed E-state index contributed by atoms with van der Waals surface area (Å²) in [5, 5.41) is 24.5. The summed E-state index contributed by atoms with van der Waals surface area (Å²) in [6, 6.07) is 11.4. The number of hydrogen-bond acceptors (Lipinski definition) is 6. The molecule has 1 aliphatic carbocycles. The largest absolute Gasteiger partial charge is 0.337 e. The first kappa shape index (κ1) is 22.3. The van der Waals surface area contributed by atoms with Gasteiger partial charge in [0, 0.05) is 36.7 Å². The number of amides is 2. The molecular formula is C26H23FN6O3. The second-order valence-corrected chi connectivity index (χ2v) is 9.68. The number of carbonyl (C=O) groups is 2. The second kappa shape index (κ2) is 8.18. The zero-order valence-corrected chi connectivity index (χ0v) is 19.3. The number of H-pyrrole nitrogens is 1. The SMILES string of the molecule is N=C(C1CC1)N1C(=N)C2CN(C(=O)c3cc(Cc4n[nH]c(=O)c5ccccc45)ccc3F)CC2C1=O. The van der Waals surface area contributed by atoms with E-state index in [2.05, 4.69) is 10.2 Å². The molecule has 3 heterocycles. The highest BCUT2D eigenvalue weighted by Gasteiger charge is 2.53. The number of nitrogens with zero attached hydrogens (tertiary/aromatic N) is 3. The van der Waals surface area contributed by atoms with Gasteiger partial charge in [-0.15, -0.1) is 0 Å². The van der Waals surface area contributed by atoms with Crippen LogP contribution in [0.25, 0.3) is 10.8 Å². The summed E-state index contributed by atoms with van der Waals surface area (Å²) in [6.07, 6.45) is 2.00. The Morgan fingerprint density at radius 1 is 1.08 bits per heavy atom. The molecule has 3 fully saturated rings. The molecule has 0 spiro atoms. The van der Waals surface area contributed by atoms with Crippen LogP contribution in [0.3, 0.4) is 0 Å². The van der Waals surface area contributed by atoms with Crippen LogP contribution in [0.2, 0.25) is 0 Å². The number of aromatic nitrogens is 2. The van der Waals surface area contributed by atoms with Gasteiger partial charge in [0.05, 0.1) is 22.6 Å². The van der Waals surface area contributed by atoms with Crippen LogP contribution in [0.15, 0.2) is 47.3 Å². The minimum absolute atomic E-state index is 0.0387. The minimum Gasteiger partial charge on any atom is -0.337 e. The summed E-state index contributed by atoms with van der Waals surface area (Å²) in [7, 11) is 0. The first-order chi connectivity index (χ1) is 17.3. The number of likely N-dealkylation sites (tertiary alicyclic amines) is 2. The van der Waals surface area contributed by atoms with Crippen molar-refractivity contribution < 1.29 is 14.0 Å². The fourth-order valence-electron chi connectivity index (χ4n) is 5.25. The maximum Gasteiger partial charge on any atom is 0.272 e. The molecule has 9 nitrogen and oxygen atoms in total. The number of nitrogens with one attached hydrogen (secondary N) is 3. The molecule has 6 rings (SSSR count). The van der Waals surface area contributed by atoms with E-state index in [9.17, 15) is 18.8 Å². The van der Waals surface area contributed by atoms with E-state index in [1.54, 1.807) is 24.3 Å². The third-order valence-corrected chi connectivity index (χ3v) is 7.35. The van der Waals surface area contributed by atoms with Crippen molar-refractivity contribution in [1.82, 2.24) is 20.0 Å². The molecule has 3 aliphatic rings. The minimum atomic E-state index is -0.668. The molecule has 3 N–H and O–H groups in total. The van der Waals surface area contributed by atoms with Crippen LogP contribution in [-0.4, -0.2) is 56.6 Å². The molecule has 182 valence electrons. The molecule has 0 bridgehead atoms. The molecule has 10 heteroatoms. The highest BCUT2D eigenvalue weighted by atomic mass is 19.1. The first-order valence-corrected chi connectivity index (χ1v) is 11.9. The smallest absolute Gasteiger partial charge is 0.272 e. The zero-order chi connectivity index (χ0) is 25.1. The highest BCUT2D eigenvalue weighted by Crippen LogP contribution is 2.39. The Balaban J connectivity index is 1.23. The summed E-state index contributed by atoms with van der Waals surface area (Å²) in [6.45, 7) is 0.229. The third-order valence-electron chi connectivity index (χ3n) is 7.35. The van der Waals surface area contributed by atoms with Gasteiger partial charge >= 0.3 is 0 Å². The van der Waals surface area contributed by atoms with Gasteiger partial charge in [0.25, 0.3) is 11.5 Å². The molecule has 2 saturated heterocycles. The lowest BCUT2D eigenvalue weighted by molar-refractivity contribution is -0.126. The van der Waals surface area contributed by atoms with Gasteiger partial charge in [-0.2, -0.15) is 5.10 Å². The number of amidine groups is 2. The van der Waals surface area contributed by atoms with E-state index in [0.29, 0.717) is 22.0 Å². The van der Waals surface area contributed by atoms with Crippen molar-refractivity contribution in [1.29, 1.82) is 10.8 Å². The normalized spacial score (nSPS) is 21.4. The third kappa shape index (κ3) is 3.52. The molecule has 2 aromatic carbocycles. The Hall–Kier alpha value is -4.21. The van der Waals surface area contributed by atoms with Gasteiger partial charge < -0.3 is 4.90 Å². The van der Waals surface area contributed by atoms with Crippen molar-refractivity contribution in [2.24, 2.45) is 17.8 Å². The average Bonchev–Trinajstić information content (AvgIpc) is 3.59. The monoisotopic (exact) mass is 486 g/mol. The van der Waals surface area contributed by atoms with Gasteiger partial charge in [-0.25, -0.2) is 9.49 Å². The van der Waals surface area contributed by atoms with Gasteiger partial charge in [0.15, 0.2) is 0 Å². The lowest BCUT2D eigenvalue weighted by atomic mass is 9.99. The molecule has 3 aromatic rings. The summed E-state index contributed by atoms with van der Waals surface area (Å²) in [5.74, 6) is -2.31. The maximum atomic E-state index is 14.8. The quantitative estimate of drug-likeness (QED) is 0.386. The number of benzene rings is 2. The molecule has 2 aliphatic heterocycles. The topological polar surface area (TPSA) is 134 Å². The lowest BCUT2D eigenvalue weighted by Gasteiger charge is -2.23. The Labute approximate surface area is 204 Å². The van der Waals surface area contributed by atoms with Crippen LogP contribution >= 0.6 is 0 Å². The Bertz CT molecular complexity index is 1500. The Kier molecular flexibility index (Phi) is 5.06. The van der Waals surface area contributed by atoms with E-state index in [-0.39, 0.29) is 54.1 Å². The number of aromatic amines is 1. The summed E-state index contributed by atoms with van der Waals surface area (Å²) in [5.41, 5.74) is 0.845. The molecule has 1 saturated carbocycles. The predicted octanol–water partition coefficient (Wildman–Crippen LogP) is 2.55. The van der Waals surface area contributed by atoms with Crippen LogP contribution in [0.4, 0.5) is 4.39 Å². The molecule has 0 radical (unpaired) electrons. The molecular weight excluding hydrogens is 463 g/mol. The van der Waals surface area contributed by atoms with Crippen molar-refractivity contribution in [3.63, 3.8) is 0 Å². The standard InChI is InChI=1S/C26H23FN6O3/c27-20-8-5-13(10-21-15-3-1-2-4-16(15)24(34)31-30-21)9-17(20)25(35)32-11-18-19(12-32)26(36)33(23(18)29)22(28)14-6-7-14/h1-5,8-9,14,18-19,28-29H,6-7,10-12H2,(H,31,34). The molecule has 2 atom stereocenters. The van der Waals surface area contributed by atoms with Gasteiger partial charge in [-0.05, 0) is 36.6 Å². The highest BCUT2D eigenvalue weighted by molar-refractivity contribution is 6.20. The zero-order valence-electron chi connectivity index (χ0n) is 19.3. The van der Waals surface area contributed by atoms with Crippen LogP contribution < -0.4 is 5.56 Å². The van der Waals surface area contributed by atoms with E-state index in [1.807, 2.05) is 6.07 Å². The second-order valence-electron chi connectivity index (χ2n) is 9.68. The summed E-state index contributed by atoms with van der Waals surface area (Å²) < 4.78 is 14.8. The van der Waals surface area contributed by atoms with Crippen molar-refractivity contribution >= 4 is 34.3 Å². The Morgan fingerprint density at radius 3 is 2.53 bits per heavy atom. The van der Waals surface area contributed by atoms with Crippen LogP contribution in [0.1, 0.15) is 34.5 Å². The summed E-state index contributed by atoms with van der Waals surface area (Å²) >= 11 is 0. The lowest BCUT2D eigenvalue weighted by Crippen LogP contribution is -2.41. The predicted molar refractivity (Wildman–Crippen MR) is 129 cm³/mol. The fourth-order valence-corrected chi connectivity index (χ4v) is 5.25. The van der Waals surface area contributed by atoms with Crippen molar-refractivity contribution in [3.8, 4) is 0 Å². The number of carbonyl (C=O) groups excluding carboxylic acids is 2. The Morgan fingerprint density at radius 2 is 1.81 bits per heavy atom. The van der Waals surface area contributed by atoms with Crippen LogP contribution in [0, 0.1) is 34.4 Å². The van der Waals surface area contributed by atoms with Gasteiger partial charge in [0.1, 0.15) is 17.5 Å². The average molecular weight is 487 g/mol. The number of fused-ring (bicyclic) bond motifs is 2. The van der Waals surface area contributed by atoms with E-state index >= 15 is 0 Å². The fraction of sp³-hybridized carbons (Fsp3) is 0.308. The number of hydrogen-bond donors (Lipinski definition) is 3. The van der Waals surface area contributed by atoms with E-state index in [4.69, 9.17) is 10.8 Å². The van der Waals surface area contributed by atoms with Crippen molar-refractivity contribution in [3.05, 3.63) is 75.5 Å². The molecule has 2 unspecified atom stereocenters. The van der Waals surface area contributed by atoms with Gasteiger partial charge in [0.2, 0.25) is 5.91 Å². The van der Waals surface area contributed by atoms with Crippen LogP contribution in [0.5, 0.6) is 0 Å². The molecule has 1 aromatic heterocycles. The van der Waals surface area contributed by atoms with Gasteiger partial charge in [-0.3, -0.25) is 30.1 Å². The number of rotatable bonds is 4. The summed E-state index contributed by atoms with van der Waals surface area (Å²) in [4.78, 5) is 40.9. The van der Waals surface area contributed by atoms with E-state index < -0.39 is 23.6 Å². The van der Waals surface area contributed by atoms with Crippen molar-refractivity contribution in [2.75, 3.05) is 13.1 Å². The van der Waals surface area contributed by atoms with Crippen molar-refractivity contribution in [2.45, 2.75) is 19.3 Å². The molecule has 2 amide bonds.